The monoisotopic (exact) mass is 457 g/mol. The molecule has 1 fully saturated rings. The van der Waals surface area contributed by atoms with Crippen LogP contribution in [-0.2, 0) is 10.0 Å². The zero-order chi connectivity index (χ0) is 21.8. The molecule has 2 aromatic heterocycles. The van der Waals surface area contributed by atoms with Crippen molar-refractivity contribution in [3.8, 4) is 0 Å². The van der Waals surface area contributed by atoms with Crippen molar-refractivity contribution in [1.82, 2.24) is 9.97 Å². The zero-order valence-electron chi connectivity index (χ0n) is 17.2. The van der Waals surface area contributed by atoms with Crippen LogP contribution in [-0.4, -0.2) is 51.1 Å². The van der Waals surface area contributed by atoms with Crippen molar-refractivity contribution in [3.63, 3.8) is 0 Å². The summed E-state index contributed by atoms with van der Waals surface area (Å²) in [5.41, 5.74) is 0.640. The maximum atomic E-state index is 13.1. The van der Waals surface area contributed by atoms with Crippen LogP contribution in [0, 0.1) is 0 Å². The lowest BCUT2D eigenvalue weighted by Crippen LogP contribution is -2.47. The van der Waals surface area contributed by atoms with Crippen molar-refractivity contribution in [3.05, 3.63) is 72.0 Å². The molecule has 3 heterocycles. The molecule has 9 heteroatoms. The summed E-state index contributed by atoms with van der Waals surface area (Å²) in [7, 11) is -3.67. The number of rotatable bonds is 6. The van der Waals surface area contributed by atoms with Gasteiger partial charge in [-0.05, 0) is 43.3 Å². The lowest BCUT2D eigenvalue weighted by Gasteiger charge is -2.36. The maximum absolute atomic E-state index is 13.1. The lowest BCUT2D eigenvalue weighted by molar-refractivity contribution is 0.591. The van der Waals surface area contributed by atoms with Crippen LogP contribution in [0.25, 0.3) is 0 Å². The highest BCUT2D eigenvalue weighted by molar-refractivity contribution is 7.92. The molecule has 0 bridgehead atoms. The topological polar surface area (TPSA) is 69.6 Å². The average Bonchev–Trinajstić information content (AvgIpc) is 2.81. The Morgan fingerprint density at radius 1 is 0.871 bits per heavy atom. The summed E-state index contributed by atoms with van der Waals surface area (Å²) in [6, 6.07) is 16.3. The molecule has 7 nitrogen and oxygen atoms in total. The highest BCUT2D eigenvalue weighted by Crippen LogP contribution is 2.25. The first-order valence-electron chi connectivity index (χ1n) is 10.1. The Kier molecular flexibility index (Phi) is 6.29. The number of aromatic nitrogens is 2. The summed E-state index contributed by atoms with van der Waals surface area (Å²) in [5.74, 6) is 1.67. The van der Waals surface area contributed by atoms with E-state index in [2.05, 4.69) is 19.8 Å². The van der Waals surface area contributed by atoms with Gasteiger partial charge in [-0.3, -0.25) is 4.31 Å². The summed E-state index contributed by atoms with van der Waals surface area (Å²) in [6.45, 7) is 5.31. The van der Waals surface area contributed by atoms with E-state index < -0.39 is 10.0 Å². The Bertz CT molecular complexity index is 1100. The number of hydrogen-bond donors (Lipinski definition) is 0. The summed E-state index contributed by atoms with van der Waals surface area (Å²) >= 11 is 5.92. The van der Waals surface area contributed by atoms with Crippen LogP contribution in [0.5, 0.6) is 0 Å². The van der Waals surface area contributed by atoms with Crippen molar-refractivity contribution >= 4 is 38.9 Å². The van der Waals surface area contributed by atoms with Gasteiger partial charge in [-0.2, -0.15) is 0 Å². The summed E-state index contributed by atoms with van der Waals surface area (Å²) in [6.07, 6.45) is 3.10. The van der Waals surface area contributed by atoms with Crippen LogP contribution < -0.4 is 14.1 Å². The molecule has 0 saturated carbocycles. The van der Waals surface area contributed by atoms with Gasteiger partial charge in [0.2, 0.25) is 0 Å². The minimum atomic E-state index is -3.67. The quantitative estimate of drug-likeness (QED) is 0.562. The second-order valence-electron chi connectivity index (χ2n) is 7.17. The van der Waals surface area contributed by atoms with Crippen LogP contribution in [0.3, 0.4) is 0 Å². The van der Waals surface area contributed by atoms with Crippen LogP contribution in [0.2, 0.25) is 5.02 Å². The van der Waals surface area contributed by atoms with E-state index in [1.54, 1.807) is 30.5 Å². The minimum Gasteiger partial charge on any atom is -0.353 e. The van der Waals surface area contributed by atoms with Crippen molar-refractivity contribution in [2.45, 2.75) is 11.8 Å². The first-order valence-corrected chi connectivity index (χ1v) is 12.0. The van der Waals surface area contributed by atoms with Gasteiger partial charge in [-0.1, -0.05) is 29.8 Å². The third-order valence-electron chi connectivity index (χ3n) is 5.28. The Hall–Kier alpha value is -2.84. The highest BCUT2D eigenvalue weighted by atomic mass is 35.5. The number of para-hydroxylation sites is 1. The molecule has 1 aliphatic rings. The largest absolute Gasteiger partial charge is 0.353 e. The highest BCUT2D eigenvalue weighted by Gasteiger charge is 2.25. The number of hydrogen-bond acceptors (Lipinski definition) is 6. The molecule has 0 unspecified atom stereocenters. The normalized spacial score (nSPS) is 14.5. The molecule has 0 amide bonds. The molecular formula is C22H24ClN5O2S. The smallest absolute Gasteiger partial charge is 0.265 e. The number of benzene rings is 1. The summed E-state index contributed by atoms with van der Waals surface area (Å²) in [4.78, 5) is 13.4. The van der Waals surface area contributed by atoms with E-state index in [-0.39, 0.29) is 4.90 Å². The fourth-order valence-corrected chi connectivity index (χ4v) is 5.18. The van der Waals surface area contributed by atoms with Crippen molar-refractivity contribution in [2.24, 2.45) is 0 Å². The van der Waals surface area contributed by atoms with Crippen molar-refractivity contribution in [2.75, 3.05) is 46.8 Å². The molecule has 1 saturated heterocycles. The first-order chi connectivity index (χ1) is 15.0. The standard InChI is InChI=1S/C22H24ClN5O2S/c1-2-28(19-6-4-3-5-7-19)31(29,30)20-9-11-22(25-17-20)27-14-12-26(13-15-27)21-10-8-18(23)16-24-21/h3-11,16-17H,2,12-15H2,1H3. The second-order valence-corrected chi connectivity index (χ2v) is 9.46. The van der Waals surface area contributed by atoms with Gasteiger partial charge >= 0.3 is 0 Å². The van der Waals surface area contributed by atoms with Crippen LogP contribution >= 0.6 is 11.6 Å². The number of sulfonamides is 1. The van der Waals surface area contributed by atoms with Gasteiger partial charge in [-0.25, -0.2) is 18.4 Å². The molecular weight excluding hydrogens is 434 g/mol. The van der Waals surface area contributed by atoms with E-state index in [0.29, 0.717) is 17.3 Å². The molecule has 0 spiro atoms. The van der Waals surface area contributed by atoms with E-state index in [1.807, 2.05) is 37.3 Å². The van der Waals surface area contributed by atoms with E-state index in [1.165, 1.54) is 10.5 Å². The predicted molar refractivity (Wildman–Crippen MR) is 125 cm³/mol. The molecule has 0 atom stereocenters. The minimum absolute atomic E-state index is 0.186. The Labute approximate surface area is 188 Å². The van der Waals surface area contributed by atoms with Crippen molar-refractivity contribution < 1.29 is 8.42 Å². The summed E-state index contributed by atoms with van der Waals surface area (Å²) in [5, 5.41) is 0.621. The lowest BCUT2D eigenvalue weighted by atomic mass is 10.3. The Morgan fingerprint density at radius 2 is 1.45 bits per heavy atom. The molecule has 31 heavy (non-hydrogen) atoms. The van der Waals surface area contributed by atoms with Crippen molar-refractivity contribution in [1.29, 1.82) is 0 Å². The van der Waals surface area contributed by atoms with Crippen LogP contribution in [0.4, 0.5) is 17.3 Å². The molecule has 4 rings (SSSR count). The Balaban J connectivity index is 1.45. The van der Waals surface area contributed by atoms with Crippen LogP contribution in [0.1, 0.15) is 6.92 Å². The van der Waals surface area contributed by atoms with Gasteiger partial charge in [0.25, 0.3) is 10.0 Å². The van der Waals surface area contributed by atoms with Gasteiger partial charge in [0.15, 0.2) is 0 Å². The van der Waals surface area contributed by atoms with E-state index in [4.69, 9.17) is 11.6 Å². The second kappa shape index (κ2) is 9.11. The number of halogens is 1. The number of piperazine rings is 1. The SMILES string of the molecule is CCN(c1ccccc1)S(=O)(=O)c1ccc(N2CCN(c3ccc(Cl)cn3)CC2)nc1. The number of nitrogens with zero attached hydrogens (tertiary/aromatic N) is 5. The van der Waals surface area contributed by atoms with E-state index in [0.717, 1.165) is 37.8 Å². The van der Waals surface area contributed by atoms with Gasteiger partial charge in [-0.15, -0.1) is 0 Å². The molecule has 0 radical (unpaired) electrons. The molecule has 1 aromatic carbocycles. The van der Waals surface area contributed by atoms with Gasteiger partial charge in [0.05, 0.1) is 10.7 Å². The van der Waals surface area contributed by atoms with Gasteiger partial charge in [0, 0.05) is 45.1 Å². The van der Waals surface area contributed by atoms with Gasteiger partial charge < -0.3 is 9.80 Å². The first kappa shape index (κ1) is 21.4. The third-order valence-corrected chi connectivity index (χ3v) is 7.39. The van der Waals surface area contributed by atoms with E-state index in [9.17, 15) is 8.42 Å². The fourth-order valence-electron chi connectivity index (χ4n) is 3.64. The fraction of sp³-hybridized carbons (Fsp3) is 0.273. The molecule has 162 valence electrons. The Morgan fingerprint density at radius 3 is 1.94 bits per heavy atom. The summed E-state index contributed by atoms with van der Waals surface area (Å²) < 4.78 is 27.6. The average molecular weight is 458 g/mol. The number of anilines is 3. The maximum Gasteiger partial charge on any atom is 0.265 e. The molecule has 3 aromatic rings. The van der Waals surface area contributed by atoms with E-state index >= 15 is 0 Å². The molecule has 1 aliphatic heterocycles. The number of pyridine rings is 2. The van der Waals surface area contributed by atoms with Crippen LogP contribution in [0.15, 0.2) is 71.9 Å². The van der Waals surface area contributed by atoms with Gasteiger partial charge in [0.1, 0.15) is 16.5 Å². The zero-order valence-corrected chi connectivity index (χ0v) is 18.8. The predicted octanol–water partition coefficient (Wildman–Crippen LogP) is 3.67. The molecule has 0 N–H and O–H groups in total. The molecule has 0 aliphatic carbocycles. The third kappa shape index (κ3) is 4.60.